The SMILES string of the molecule is N#CCCNC(=O)COc1ccc(CN)cc1Cl. The minimum atomic E-state index is -0.288. The molecule has 3 N–H and O–H groups in total. The third-order valence-electron chi connectivity index (χ3n) is 2.15. The van der Waals surface area contributed by atoms with Gasteiger partial charge in [0.05, 0.1) is 17.5 Å². The van der Waals surface area contributed by atoms with Crippen molar-refractivity contribution in [3.05, 3.63) is 28.8 Å². The smallest absolute Gasteiger partial charge is 0.257 e. The Morgan fingerprint density at radius 2 is 2.33 bits per heavy atom. The van der Waals surface area contributed by atoms with Crippen molar-refractivity contribution in [2.24, 2.45) is 5.73 Å². The number of hydrogen-bond acceptors (Lipinski definition) is 4. The summed E-state index contributed by atoms with van der Waals surface area (Å²) >= 11 is 5.96. The van der Waals surface area contributed by atoms with Crippen LogP contribution in [0.2, 0.25) is 5.02 Å². The monoisotopic (exact) mass is 267 g/mol. The largest absolute Gasteiger partial charge is 0.482 e. The molecular formula is C12H14ClN3O2. The lowest BCUT2D eigenvalue weighted by Crippen LogP contribution is -2.29. The maximum Gasteiger partial charge on any atom is 0.257 e. The lowest BCUT2D eigenvalue weighted by Gasteiger charge is -2.09. The minimum absolute atomic E-state index is 0.132. The first kappa shape index (κ1) is 14.3. The van der Waals surface area contributed by atoms with E-state index in [-0.39, 0.29) is 18.9 Å². The van der Waals surface area contributed by atoms with Crippen LogP contribution in [0.5, 0.6) is 5.75 Å². The molecule has 18 heavy (non-hydrogen) atoms. The molecule has 0 atom stereocenters. The van der Waals surface area contributed by atoms with E-state index in [1.165, 1.54) is 0 Å². The summed E-state index contributed by atoms with van der Waals surface area (Å²) in [6.07, 6.45) is 0.275. The van der Waals surface area contributed by atoms with E-state index in [1.807, 2.05) is 6.07 Å². The van der Waals surface area contributed by atoms with E-state index in [2.05, 4.69) is 5.32 Å². The Hall–Kier alpha value is -1.77. The molecule has 0 aliphatic rings. The highest BCUT2D eigenvalue weighted by atomic mass is 35.5. The predicted octanol–water partition coefficient (Wildman–Crippen LogP) is 1.21. The number of rotatable bonds is 6. The Bertz CT molecular complexity index is 457. The highest BCUT2D eigenvalue weighted by Crippen LogP contribution is 2.25. The molecule has 0 saturated heterocycles. The van der Waals surface area contributed by atoms with Crippen LogP contribution < -0.4 is 15.8 Å². The van der Waals surface area contributed by atoms with Crippen molar-refractivity contribution < 1.29 is 9.53 Å². The molecule has 0 unspecified atom stereocenters. The molecule has 0 aliphatic carbocycles. The third-order valence-corrected chi connectivity index (χ3v) is 2.45. The van der Waals surface area contributed by atoms with Crippen molar-refractivity contribution in [2.45, 2.75) is 13.0 Å². The Kier molecular flexibility index (Phi) is 5.98. The second-order valence-corrected chi connectivity index (χ2v) is 3.92. The summed E-state index contributed by atoms with van der Waals surface area (Å²) in [6.45, 7) is 0.584. The molecule has 0 aliphatic heterocycles. The molecule has 5 nitrogen and oxygen atoms in total. The quantitative estimate of drug-likeness (QED) is 0.758. The van der Waals surface area contributed by atoms with Gasteiger partial charge in [0.2, 0.25) is 0 Å². The topological polar surface area (TPSA) is 88.1 Å². The number of amides is 1. The number of halogens is 1. The van der Waals surface area contributed by atoms with E-state index < -0.39 is 0 Å². The molecule has 0 bridgehead atoms. The maximum absolute atomic E-state index is 11.3. The zero-order valence-corrected chi connectivity index (χ0v) is 10.5. The molecule has 6 heteroatoms. The zero-order valence-electron chi connectivity index (χ0n) is 9.78. The van der Waals surface area contributed by atoms with Crippen molar-refractivity contribution in [3.8, 4) is 11.8 Å². The number of carbonyl (C=O) groups excluding carboxylic acids is 1. The molecule has 1 amide bonds. The molecule has 96 valence electrons. The second kappa shape index (κ2) is 7.54. The van der Waals surface area contributed by atoms with Gasteiger partial charge in [-0.05, 0) is 17.7 Å². The first-order valence-corrected chi connectivity index (χ1v) is 5.80. The van der Waals surface area contributed by atoms with Crippen molar-refractivity contribution in [3.63, 3.8) is 0 Å². The summed E-state index contributed by atoms with van der Waals surface area (Å²) < 4.78 is 5.26. The number of benzene rings is 1. The zero-order chi connectivity index (χ0) is 13.4. The van der Waals surface area contributed by atoms with E-state index in [0.717, 1.165) is 5.56 Å². The van der Waals surface area contributed by atoms with Crippen LogP contribution >= 0.6 is 11.6 Å². The standard InChI is InChI=1S/C12H14ClN3O2/c13-10-6-9(7-15)2-3-11(10)18-8-12(17)16-5-1-4-14/h2-3,6H,1,5,7-8,15H2,(H,16,17). The Morgan fingerprint density at radius 3 is 2.94 bits per heavy atom. The van der Waals surface area contributed by atoms with Crippen molar-refractivity contribution in [2.75, 3.05) is 13.2 Å². The van der Waals surface area contributed by atoms with Gasteiger partial charge in [-0.25, -0.2) is 0 Å². The lowest BCUT2D eigenvalue weighted by atomic mass is 10.2. The van der Waals surface area contributed by atoms with Crippen LogP contribution in [0.4, 0.5) is 0 Å². The fourth-order valence-corrected chi connectivity index (χ4v) is 1.50. The van der Waals surface area contributed by atoms with Crippen molar-refractivity contribution in [1.29, 1.82) is 5.26 Å². The number of ether oxygens (including phenoxy) is 1. The Balaban J connectivity index is 2.44. The molecule has 0 aromatic heterocycles. The fraction of sp³-hybridized carbons (Fsp3) is 0.333. The number of nitrogens with two attached hydrogens (primary N) is 1. The summed E-state index contributed by atoms with van der Waals surface area (Å²) in [4.78, 5) is 11.3. The van der Waals surface area contributed by atoms with E-state index >= 15 is 0 Å². The predicted molar refractivity (Wildman–Crippen MR) is 68.1 cm³/mol. The molecule has 0 spiro atoms. The second-order valence-electron chi connectivity index (χ2n) is 3.52. The Morgan fingerprint density at radius 1 is 1.56 bits per heavy atom. The first-order valence-electron chi connectivity index (χ1n) is 5.42. The first-order chi connectivity index (χ1) is 8.67. The van der Waals surface area contributed by atoms with Gasteiger partial charge in [-0.15, -0.1) is 0 Å². The van der Waals surface area contributed by atoms with Gasteiger partial charge in [0.15, 0.2) is 6.61 Å². The molecule has 0 fully saturated rings. The molecule has 0 saturated carbocycles. The molecule has 1 aromatic rings. The van der Waals surface area contributed by atoms with Gasteiger partial charge in [0.25, 0.3) is 5.91 Å². The van der Waals surface area contributed by atoms with Crippen molar-refractivity contribution >= 4 is 17.5 Å². The number of hydrogen-bond donors (Lipinski definition) is 2. The normalized spacial score (nSPS) is 9.61. The lowest BCUT2D eigenvalue weighted by molar-refractivity contribution is -0.123. The van der Waals surface area contributed by atoms with Crippen LogP contribution in [-0.2, 0) is 11.3 Å². The average Bonchev–Trinajstić information content (AvgIpc) is 2.37. The van der Waals surface area contributed by atoms with Crippen LogP contribution in [0.1, 0.15) is 12.0 Å². The van der Waals surface area contributed by atoms with Gasteiger partial charge in [-0.3, -0.25) is 4.79 Å². The number of nitriles is 1. The number of nitrogens with zero attached hydrogens (tertiary/aromatic N) is 1. The minimum Gasteiger partial charge on any atom is -0.482 e. The molecular weight excluding hydrogens is 254 g/mol. The van der Waals surface area contributed by atoms with E-state index in [9.17, 15) is 4.79 Å². The Labute approximate surface area is 110 Å². The van der Waals surface area contributed by atoms with E-state index in [0.29, 0.717) is 23.9 Å². The van der Waals surface area contributed by atoms with Gasteiger partial charge >= 0.3 is 0 Å². The van der Waals surface area contributed by atoms with Crippen LogP contribution in [0.15, 0.2) is 18.2 Å². The highest BCUT2D eigenvalue weighted by Gasteiger charge is 2.06. The number of carbonyl (C=O) groups is 1. The average molecular weight is 268 g/mol. The fourth-order valence-electron chi connectivity index (χ4n) is 1.24. The molecule has 0 heterocycles. The summed E-state index contributed by atoms with van der Waals surface area (Å²) in [5.74, 6) is 0.147. The van der Waals surface area contributed by atoms with Gasteiger partial charge < -0.3 is 15.8 Å². The van der Waals surface area contributed by atoms with Crippen LogP contribution in [0, 0.1) is 11.3 Å². The van der Waals surface area contributed by atoms with Gasteiger partial charge in [0.1, 0.15) is 5.75 Å². The van der Waals surface area contributed by atoms with Gasteiger partial charge in [-0.1, -0.05) is 17.7 Å². The summed E-state index contributed by atoms with van der Waals surface area (Å²) in [7, 11) is 0. The summed E-state index contributed by atoms with van der Waals surface area (Å²) in [5, 5.41) is 11.3. The molecule has 1 aromatic carbocycles. The van der Waals surface area contributed by atoms with Crippen LogP contribution in [0.3, 0.4) is 0 Å². The van der Waals surface area contributed by atoms with E-state index in [4.69, 9.17) is 27.3 Å². The number of nitrogens with one attached hydrogen (secondary N) is 1. The summed E-state index contributed by atoms with van der Waals surface area (Å²) in [6, 6.07) is 7.09. The van der Waals surface area contributed by atoms with Crippen molar-refractivity contribution in [1.82, 2.24) is 5.32 Å². The molecule has 1 rings (SSSR count). The molecule has 0 radical (unpaired) electrons. The highest BCUT2D eigenvalue weighted by molar-refractivity contribution is 6.32. The summed E-state index contributed by atoms with van der Waals surface area (Å²) in [5.41, 5.74) is 6.36. The van der Waals surface area contributed by atoms with E-state index in [1.54, 1.807) is 18.2 Å². The maximum atomic E-state index is 11.3. The van der Waals surface area contributed by atoms with Crippen LogP contribution in [-0.4, -0.2) is 19.1 Å². The van der Waals surface area contributed by atoms with Gasteiger partial charge in [-0.2, -0.15) is 5.26 Å². The van der Waals surface area contributed by atoms with Crippen LogP contribution in [0.25, 0.3) is 0 Å². The third kappa shape index (κ3) is 4.62. The van der Waals surface area contributed by atoms with Gasteiger partial charge in [0, 0.05) is 13.1 Å².